The Morgan fingerprint density at radius 1 is 0.906 bits per heavy atom. The summed E-state index contributed by atoms with van der Waals surface area (Å²) in [5.74, 6) is 0.836. The van der Waals surface area contributed by atoms with Crippen LogP contribution >= 0.6 is 0 Å². The molecule has 5 rings (SSSR count). The maximum Gasteiger partial charge on any atom is 0.183 e. The minimum atomic E-state index is -0.539. The zero-order valence-corrected chi connectivity index (χ0v) is 18.1. The van der Waals surface area contributed by atoms with E-state index in [4.69, 9.17) is 14.2 Å². The Kier molecular flexibility index (Phi) is 6.51. The molecule has 2 aliphatic rings. The first-order chi connectivity index (χ1) is 15.8. The summed E-state index contributed by atoms with van der Waals surface area (Å²) >= 11 is 0. The van der Waals surface area contributed by atoms with E-state index in [9.17, 15) is 5.11 Å². The van der Waals surface area contributed by atoms with Gasteiger partial charge in [0.15, 0.2) is 6.29 Å². The minimum Gasteiger partial charge on any atom is -0.489 e. The van der Waals surface area contributed by atoms with Crippen LogP contribution in [0.3, 0.4) is 0 Å². The lowest BCUT2D eigenvalue weighted by Crippen LogP contribution is -2.47. The van der Waals surface area contributed by atoms with Crippen molar-refractivity contribution < 1.29 is 19.3 Å². The molecule has 0 saturated carbocycles. The van der Waals surface area contributed by atoms with Gasteiger partial charge >= 0.3 is 0 Å². The Hall–Kier alpha value is -2.70. The third kappa shape index (κ3) is 4.87. The lowest BCUT2D eigenvalue weighted by atomic mass is 10.0. The molecule has 0 amide bonds. The van der Waals surface area contributed by atoms with Crippen LogP contribution in [0.2, 0.25) is 0 Å². The predicted molar refractivity (Wildman–Crippen MR) is 122 cm³/mol. The molecule has 0 radical (unpaired) electrons. The zero-order chi connectivity index (χ0) is 21.8. The molecule has 2 aliphatic heterocycles. The number of benzene rings is 3. The van der Waals surface area contributed by atoms with E-state index in [2.05, 4.69) is 23.1 Å². The number of hydrogen-bond acceptors (Lipinski definition) is 5. The van der Waals surface area contributed by atoms with Gasteiger partial charge in [-0.25, -0.2) is 0 Å². The number of fused-ring (bicyclic) bond motifs is 1. The zero-order valence-electron chi connectivity index (χ0n) is 18.1. The molecule has 0 aliphatic carbocycles. The van der Waals surface area contributed by atoms with E-state index in [-0.39, 0.29) is 12.3 Å². The van der Waals surface area contributed by atoms with E-state index in [1.54, 1.807) is 0 Å². The summed E-state index contributed by atoms with van der Waals surface area (Å²) < 4.78 is 18.0. The first-order valence-corrected chi connectivity index (χ1v) is 11.3. The summed E-state index contributed by atoms with van der Waals surface area (Å²) in [4.78, 5) is 2.29. The Bertz CT molecular complexity index is 1000. The van der Waals surface area contributed by atoms with Crippen LogP contribution in [0.15, 0.2) is 78.9 Å². The third-order valence-corrected chi connectivity index (χ3v) is 6.27. The van der Waals surface area contributed by atoms with Gasteiger partial charge in [-0.1, -0.05) is 66.7 Å². The first-order valence-electron chi connectivity index (χ1n) is 11.3. The maximum absolute atomic E-state index is 10.9. The van der Waals surface area contributed by atoms with E-state index < -0.39 is 6.10 Å². The summed E-state index contributed by atoms with van der Waals surface area (Å²) in [6, 6.07) is 26.3. The van der Waals surface area contributed by atoms with Gasteiger partial charge in [-0.3, -0.25) is 4.90 Å². The Morgan fingerprint density at radius 3 is 2.38 bits per heavy atom. The van der Waals surface area contributed by atoms with Crippen LogP contribution < -0.4 is 4.74 Å². The smallest absolute Gasteiger partial charge is 0.183 e. The number of rotatable bonds is 5. The molecule has 2 heterocycles. The summed E-state index contributed by atoms with van der Waals surface area (Å²) in [6.45, 7) is 3.14. The lowest BCUT2D eigenvalue weighted by molar-refractivity contribution is -0.210. The number of nitrogens with zero attached hydrogens (tertiary/aromatic N) is 1. The summed E-state index contributed by atoms with van der Waals surface area (Å²) in [5.41, 5.74) is 4.31. The van der Waals surface area contributed by atoms with Crippen molar-refractivity contribution in [1.29, 1.82) is 0 Å². The quantitative estimate of drug-likeness (QED) is 0.654. The van der Waals surface area contributed by atoms with Crippen LogP contribution in [0.1, 0.15) is 34.6 Å². The molecule has 1 unspecified atom stereocenters. The molecular formula is C27H29NO4. The molecule has 1 atom stereocenters. The highest BCUT2D eigenvalue weighted by Gasteiger charge is 2.31. The van der Waals surface area contributed by atoms with Crippen molar-refractivity contribution in [3.05, 3.63) is 101 Å². The molecule has 5 nitrogen and oxygen atoms in total. The summed E-state index contributed by atoms with van der Waals surface area (Å²) in [5, 5.41) is 10.9. The molecule has 5 heteroatoms. The highest BCUT2D eigenvalue weighted by atomic mass is 16.7. The summed E-state index contributed by atoms with van der Waals surface area (Å²) in [6.07, 6.45) is 0.00136. The van der Waals surface area contributed by atoms with Crippen molar-refractivity contribution in [2.24, 2.45) is 0 Å². The van der Waals surface area contributed by atoms with Crippen molar-refractivity contribution >= 4 is 0 Å². The van der Waals surface area contributed by atoms with E-state index in [0.717, 1.165) is 41.0 Å². The lowest BCUT2D eigenvalue weighted by Gasteiger charge is -2.37. The molecule has 0 spiro atoms. The molecule has 1 fully saturated rings. The molecule has 166 valence electrons. The van der Waals surface area contributed by atoms with E-state index in [0.29, 0.717) is 26.4 Å². The Balaban J connectivity index is 1.20. The van der Waals surface area contributed by atoms with Gasteiger partial charge in [0.05, 0.1) is 25.4 Å². The second kappa shape index (κ2) is 9.84. The largest absolute Gasteiger partial charge is 0.489 e. The highest BCUT2D eigenvalue weighted by molar-refractivity contribution is 5.38. The molecule has 3 aromatic carbocycles. The monoisotopic (exact) mass is 431 g/mol. The van der Waals surface area contributed by atoms with Crippen LogP contribution in [0.25, 0.3) is 0 Å². The molecule has 3 aromatic rings. The van der Waals surface area contributed by atoms with Gasteiger partial charge in [-0.05, 0) is 35.2 Å². The standard InChI is InChI=1S/C27H29NO4/c29-26-16-28(23-18-31-27(32-19-23)21-9-5-2-6-10-21)14-13-22-15-24(11-12-25(22)26)30-17-20-7-3-1-4-8-20/h1-12,15,23,26-27,29H,13-14,16-19H2. The van der Waals surface area contributed by atoms with Crippen molar-refractivity contribution in [3.8, 4) is 5.75 Å². The van der Waals surface area contributed by atoms with Crippen LogP contribution in [-0.4, -0.2) is 42.4 Å². The van der Waals surface area contributed by atoms with Gasteiger partial charge < -0.3 is 19.3 Å². The fourth-order valence-corrected chi connectivity index (χ4v) is 4.47. The molecule has 32 heavy (non-hydrogen) atoms. The summed E-state index contributed by atoms with van der Waals surface area (Å²) in [7, 11) is 0. The van der Waals surface area contributed by atoms with E-state index >= 15 is 0 Å². The SMILES string of the molecule is OC1CN(C2COC(c3ccccc3)OC2)CCc2cc(OCc3ccccc3)ccc21. The van der Waals surface area contributed by atoms with Gasteiger partial charge in [0, 0.05) is 18.7 Å². The third-order valence-electron chi connectivity index (χ3n) is 6.27. The van der Waals surface area contributed by atoms with Crippen molar-refractivity contribution in [3.63, 3.8) is 0 Å². The molecular weight excluding hydrogens is 402 g/mol. The van der Waals surface area contributed by atoms with E-state index in [1.165, 1.54) is 0 Å². The number of ether oxygens (including phenoxy) is 3. The minimum absolute atomic E-state index is 0.132. The second-order valence-corrected chi connectivity index (χ2v) is 8.46. The molecule has 1 N–H and O–H groups in total. The van der Waals surface area contributed by atoms with Crippen LogP contribution in [0.4, 0.5) is 0 Å². The number of hydrogen-bond donors (Lipinski definition) is 1. The molecule has 1 saturated heterocycles. The second-order valence-electron chi connectivity index (χ2n) is 8.46. The number of β-amino-alcohol motifs (C(OH)–C–C–N with tert-alkyl or cyclic N) is 1. The average molecular weight is 432 g/mol. The highest BCUT2D eigenvalue weighted by Crippen LogP contribution is 2.30. The van der Waals surface area contributed by atoms with Crippen molar-refractivity contribution in [2.45, 2.75) is 31.5 Å². The van der Waals surface area contributed by atoms with Crippen molar-refractivity contribution in [2.75, 3.05) is 26.3 Å². The van der Waals surface area contributed by atoms with E-state index in [1.807, 2.05) is 60.7 Å². The van der Waals surface area contributed by atoms with Gasteiger partial charge in [0.25, 0.3) is 0 Å². The predicted octanol–water partition coefficient (Wildman–Crippen LogP) is 4.27. The number of aliphatic hydroxyl groups excluding tert-OH is 1. The van der Waals surface area contributed by atoms with Gasteiger partial charge in [-0.15, -0.1) is 0 Å². The van der Waals surface area contributed by atoms with Gasteiger partial charge in [0.2, 0.25) is 0 Å². The molecule has 0 aromatic heterocycles. The Morgan fingerprint density at radius 2 is 1.62 bits per heavy atom. The van der Waals surface area contributed by atoms with Crippen LogP contribution in [-0.2, 0) is 22.5 Å². The van der Waals surface area contributed by atoms with Gasteiger partial charge in [-0.2, -0.15) is 0 Å². The average Bonchev–Trinajstić information content (AvgIpc) is 3.02. The first kappa shape index (κ1) is 21.2. The van der Waals surface area contributed by atoms with Crippen molar-refractivity contribution in [1.82, 2.24) is 4.90 Å². The normalized spacial score (nSPS) is 23.8. The maximum atomic E-state index is 10.9. The number of aliphatic hydroxyl groups is 1. The fraction of sp³-hybridized carbons (Fsp3) is 0.333. The van der Waals surface area contributed by atoms with Crippen LogP contribution in [0.5, 0.6) is 5.75 Å². The topological polar surface area (TPSA) is 51.2 Å². The Labute approximate surface area is 189 Å². The fourth-order valence-electron chi connectivity index (χ4n) is 4.47. The van der Waals surface area contributed by atoms with Gasteiger partial charge in [0.1, 0.15) is 12.4 Å². The molecule has 0 bridgehead atoms. The van der Waals surface area contributed by atoms with Crippen LogP contribution in [0, 0.1) is 0 Å².